The molecule has 9 heteroatoms. The molecule has 0 aliphatic rings. The first kappa shape index (κ1) is 14.6. The summed E-state index contributed by atoms with van der Waals surface area (Å²) in [6.45, 7) is -0.347. The van der Waals surface area contributed by atoms with E-state index in [0.717, 1.165) is 6.07 Å². The van der Waals surface area contributed by atoms with Crippen LogP contribution in [0.3, 0.4) is 0 Å². The molecule has 0 saturated heterocycles. The molecule has 0 aliphatic carbocycles. The van der Waals surface area contributed by atoms with Crippen LogP contribution in [0.4, 0.5) is 11.5 Å². The van der Waals surface area contributed by atoms with Gasteiger partial charge in [-0.15, -0.1) is 0 Å². The molecule has 1 rings (SSSR count). The van der Waals surface area contributed by atoms with Crippen molar-refractivity contribution in [3.05, 3.63) is 26.9 Å². The Morgan fingerprint density at radius 3 is 2.67 bits per heavy atom. The molecule has 2 atom stereocenters. The zero-order valence-electron chi connectivity index (χ0n) is 9.15. The van der Waals surface area contributed by atoms with Crippen LogP contribution in [0.5, 0.6) is 0 Å². The quantitative estimate of drug-likeness (QED) is 0.337. The maximum absolute atomic E-state index is 10.7. The van der Waals surface area contributed by atoms with E-state index in [4.69, 9.17) is 22.4 Å². The maximum Gasteiger partial charge on any atom is 0.311 e. The second-order valence-corrected chi connectivity index (χ2v) is 3.91. The van der Waals surface area contributed by atoms with Crippen molar-refractivity contribution in [1.82, 2.24) is 4.98 Å². The molecule has 0 radical (unpaired) electrons. The van der Waals surface area contributed by atoms with E-state index in [1.165, 1.54) is 0 Å². The Bertz CT molecular complexity index is 456. The normalized spacial score (nSPS) is 14.2. The number of pyridine rings is 1. The van der Waals surface area contributed by atoms with E-state index in [9.17, 15) is 20.3 Å². The summed E-state index contributed by atoms with van der Waals surface area (Å²) < 4.78 is 0. The molecule has 5 N–H and O–H groups in total. The number of aliphatic hydroxyl groups is 3. The number of nitro groups is 1. The molecule has 8 nitrogen and oxygen atoms in total. The van der Waals surface area contributed by atoms with Crippen molar-refractivity contribution in [2.75, 3.05) is 12.3 Å². The van der Waals surface area contributed by atoms with Gasteiger partial charge in [0.25, 0.3) is 0 Å². The lowest BCUT2D eigenvalue weighted by Crippen LogP contribution is -2.20. The maximum atomic E-state index is 10.7. The SMILES string of the molecule is Nc1nc(Cl)c(C(O)C(O)CCO)cc1[N+](=O)[O-]. The highest BCUT2D eigenvalue weighted by Crippen LogP contribution is 2.31. The third kappa shape index (κ3) is 3.05. The van der Waals surface area contributed by atoms with Gasteiger partial charge in [0.05, 0.1) is 11.0 Å². The Balaban J connectivity index is 3.15. The average Bonchev–Trinajstić information content (AvgIpc) is 2.28. The van der Waals surface area contributed by atoms with Crippen LogP contribution in [-0.4, -0.2) is 37.9 Å². The van der Waals surface area contributed by atoms with Gasteiger partial charge in [-0.25, -0.2) is 4.98 Å². The molecule has 0 amide bonds. The predicted molar refractivity (Wildman–Crippen MR) is 63.0 cm³/mol. The Kier molecular flexibility index (Phi) is 4.79. The highest BCUT2D eigenvalue weighted by Gasteiger charge is 2.25. The first-order valence-electron chi connectivity index (χ1n) is 4.95. The average molecular weight is 278 g/mol. The number of nitrogens with zero attached hydrogens (tertiary/aromatic N) is 2. The van der Waals surface area contributed by atoms with E-state index in [1.54, 1.807) is 0 Å². The first-order chi connectivity index (χ1) is 8.38. The molecule has 0 bridgehead atoms. The van der Waals surface area contributed by atoms with E-state index in [0.29, 0.717) is 0 Å². The molecule has 1 heterocycles. The van der Waals surface area contributed by atoms with Gasteiger partial charge in [-0.05, 0) is 6.42 Å². The number of nitrogens with two attached hydrogens (primary N) is 1. The Hall–Kier alpha value is -1.48. The van der Waals surface area contributed by atoms with Crippen LogP contribution in [0.2, 0.25) is 5.15 Å². The molecule has 0 aromatic carbocycles. The number of aromatic nitrogens is 1. The van der Waals surface area contributed by atoms with Crippen LogP contribution in [0.1, 0.15) is 18.1 Å². The number of hydrogen-bond acceptors (Lipinski definition) is 7. The number of halogens is 1. The molecule has 1 aromatic heterocycles. The van der Waals surface area contributed by atoms with E-state index < -0.39 is 22.8 Å². The van der Waals surface area contributed by atoms with Crippen molar-refractivity contribution in [2.24, 2.45) is 0 Å². The zero-order valence-corrected chi connectivity index (χ0v) is 9.91. The number of rotatable bonds is 5. The van der Waals surface area contributed by atoms with Gasteiger partial charge in [-0.2, -0.15) is 0 Å². The van der Waals surface area contributed by atoms with Crippen molar-refractivity contribution < 1.29 is 20.2 Å². The predicted octanol–water partition coefficient (Wildman–Crippen LogP) is 0.00210. The lowest BCUT2D eigenvalue weighted by atomic mass is 10.0. The number of aliphatic hydroxyl groups excluding tert-OH is 3. The van der Waals surface area contributed by atoms with Crippen LogP contribution in [0.15, 0.2) is 6.07 Å². The third-order valence-corrected chi connectivity index (χ3v) is 2.62. The number of hydrogen-bond donors (Lipinski definition) is 4. The lowest BCUT2D eigenvalue weighted by molar-refractivity contribution is -0.384. The van der Waals surface area contributed by atoms with Crippen LogP contribution in [-0.2, 0) is 0 Å². The summed E-state index contributed by atoms with van der Waals surface area (Å²) in [5, 5.41) is 38.3. The smallest absolute Gasteiger partial charge is 0.311 e. The van der Waals surface area contributed by atoms with Crippen LogP contribution >= 0.6 is 11.6 Å². The van der Waals surface area contributed by atoms with E-state index in [1.807, 2.05) is 0 Å². The van der Waals surface area contributed by atoms with Gasteiger partial charge in [-0.1, -0.05) is 11.6 Å². The molecule has 100 valence electrons. The fourth-order valence-corrected chi connectivity index (χ4v) is 1.62. The summed E-state index contributed by atoms with van der Waals surface area (Å²) in [6, 6.07) is 0.954. The minimum atomic E-state index is -1.49. The monoisotopic (exact) mass is 277 g/mol. The van der Waals surface area contributed by atoms with E-state index in [-0.39, 0.29) is 29.6 Å². The molecule has 2 unspecified atom stereocenters. The van der Waals surface area contributed by atoms with Gasteiger partial charge in [0.1, 0.15) is 11.3 Å². The molecule has 0 aliphatic heterocycles. The van der Waals surface area contributed by atoms with Gasteiger partial charge in [0.2, 0.25) is 5.82 Å². The Morgan fingerprint density at radius 2 is 2.17 bits per heavy atom. The molecular formula is C9H12ClN3O5. The fourth-order valence-electron chi connectivity index (χ4n) is 1.36. The minimum absolute atomic E-state index is 0.102. The van der Waals surface area contributed by atoms with Crippen molar-refractivity contribution in [2.45, 2.75) is 18.6 Å². The van der Waals surface area contributed by atoms with Crippen molar-refractivity contribution in [3.63, 3.8) is 0 Å². The highest BCUT2D eigenvalue weighted by atomic mass is 35.5. The fraction of sp³-hybridized carbons (Fsp3) is 0.444. The Morgan fingerprint density at radius 1 is 1.56 bits per heavy atom. The molecule has 18 heavy (non-hydrogen) atoms. The van der Waals surface area contributed by atoms with Crippen molar-refractivity contribution >= 4 is 23.1 Å². The van der Waals surface area contributed by atoms with Gasteiger partial charge in [-0.3, -0.25) is 10.1 Å². The van der Waals surface area contributed by atoms with Gasteiger partial charge >= 0.3 is 5.69 Å². The number of nitrogen functional groups attached to an aromatic ring is 1. The first-order valence-corrected chi connectivity index (χ1v) is 5.33. The highest BCUT2D eigenvalue weighted by molar-refractivity contribution is 6.30. The molecule has 0 fully saturated rings. The molecule has 0 saturated carbocycles. The molecular weight excluding hydrogens is 266 g/mol. The van der Waals surface area contributed by atoms with Crippen LogP contribution < -0.4 is 5.73 Å². The zero-order chi connectivity index (χ0) is 13.9. The van der Waals surface area contributed by atoms with Crippen molar-refractivity contribution in [3.8, 4) is 0 Å². The van der Waals surface area contributed by atoms with Crippen LogP contribution in [0, 0.1) is 10.1 Å². The van der Waals surface area contributed by atoms with Gasteiger partial charge < -0.3 is 21.1 Å². The summed E-state index contributed by atoms with van der Waals surface area (Å²) in [6.07, 6.45) is -2.90. The summed E-state index contributed by atoms with van der Waals surface area (Å²) >= 11 is 5.70. The van der Waals surface area contributed by atoms with Crippen molar-refractivity contribution in [1.29, 1.82) is 0 Å². The second-order valence-electron chi connectivity index (χ2n) is 3.55. The summed E-state index contributed by atoms with van der Waals surface area (Å²) in [7, 11) is 0. The van der Waals surface area contributed by atoms with E-state index >= 15 is 0 Å². The molecule has 0 spiro atoms. The second kappa shape index (κ2) is 5.91. The van der Waals surface area contributed by atoms with E-state index in [2.05, 4.69) is 4.98 Å². The number of anilines is 1. The summed E-state index contributed by atoms with van der Waals surface area (Å²) in [5.74, 6) is -0.377. The standard InChI is InChI=1S/C9H12ClN3O5/c10-8-4(7(16)6(15)1-2-14)3-5(13(17)18)9(11)12-8/h3,6-7,14-16H,1-2H2,(H2,11,12). The third-order valence-electron chi connectivity index (χ3n) is 2.32. The minimum Gasteiger partial charge on any atom is -0.396 e. The summed E-state index contributed by atoms with van der Waals surface area (Å²) in [4.78, 5) is 13.4. The lowest BCUT2D eigenvalue weighted by Gasteiger charge is -2.17. The largest absolute Gasteiger partial charge is 0.396 e. The topological polar surface area (TPSA) is 143 Å². The Labute approximate surface area is 107 Å². The molecule has 1 aromatic rings. The van der Waals surface area contributed by atoms with Gasteiger partial charge in [0.15, 0.2) is 0 Å². The summed E-state index contributed by atoms with van der Waals surface area (Å²) in [5.41, 5.74) is 4.68. The van der Waals surface area contributed by atoms with Gasteiger partial charge in [0, 0.05) is 18.2 Å². The van der Waals surface area contributed by atoms with Crippen LogP contribution in [0.25, 0.3) is 0 Å².